The quantitative estimate of drug-likeness (QED) is 0.626. The summed E-state index contributed by atoms with van der Waals surface area (Å²) in [4.78, 5) is 21.4. The normalized spacial score (nSPS) is 10.7. The van der Waals surface area contributed by atoms with E-state index in [2.05, 4.69) is 9.97 Å². The van der Waals surface area contributed by atoms with Crippen LogP contribution in [-0.2, 0) is 11.3 Å². The summed E-state index contributed by atoms with van der Waals surface area (Å²) in [6.07, 6.45) is 1.68. The molecule has 7 heteroatoms. The highest BCUT2D eigenvalue weighted by Crippen LogP contribution is 2.22. The van der Waals surface area contributed by atoms with E-state index < -0.39 is 0 Å². The molecule has 0 atom stereocenters. The first-order valence-corrected chi connectivity index (χ1v) is 9.30. The number of thioether (sulfide) groups is 1. The number of halogens is 2. The van der Waals surface area contributed by atoms with Crippen LogP contribution in [0, 0.1) is 5.82 Å². The molecule has 0 aliphatic heterocycles. The monoisotopic (exact) mass is 389 g/mol. The zero-order valence-corrected chi connectivity index (χ0v) is 15.6. The van der Waals surface area contributed by atoms with E-state index >= 15 is 0 Å². The molecule has 0 radical (unpaired) electrons. The van der Waals surface area contributed by atoms with Crippen LogP contribution in [0.5, 0.6) is 0 Å². The van der Waals surface area contributed by atoms with Gasteiger partial charge in [-0.2, -0.15) is 0 Å². The van der Waals surface area contributed by atoms with Gasteiger partial charge in [-0.15, -0.1) is 0 Å². The lowest BCUT2D eigenvalue weighted by Gasteiger charge is -2.16. The molecule has 0 aliphatic carbocycles. The Bertz CT molecular complexity index is 898. The fraction of sp³-hybridized carbons (Fsp3) is 0.158. The van der Waals surface area contributed by atoms with Gasteiger partial charge in [-0.25, -0.2) is 9.37 Å². The number of rotatable bonds is 6. The number of carbonyl (C=O) groups is 1. The van der Waals surface area contributed by atoms with Crippen LogP contribution in [0.4, 0.5) is 4.39 Å². The summed E-state index contributed by atoms with van der Waals surface area (Å²) in [6.45, 7) is 0.499. The molecular formula is C19H17ClFN3OS. The third kappa shape index (κ3) is 4.86. The van der Waals surface area contributed by atoms with Crippen molar-refractivity contribution in [1.82, 2.24) is 14.9 Å². The third-order valence-corrected chi connectivity index (χ3v) is 4.88. The summed E-state index contributed by atoms with van der Waals surface area (Å²) in [5.41, 5.74) is 2.61. The Morgan fingerprint density at radius 2 is 2.04 bits per heavy atom. The van der Waals surface area contributed by atoms with Crippen molar-refractivity contribution >= 4 is 29.3 Å². The Kier molecular flexibility index (Phi) is 5.96. The molecule has 0 spiro atoms. The summed E-state index contributed by atoms with van der Waals surface area (Å²) >= 11 is 7.30. The molecule has 134 valence electrons. The number of hydrogen-bond acceptors (Lipinski definition) is 3. The van der Waals surface area contributed by atoms with Gasteiger partial charge in [0.05, 0.1) is 17.6 Å². The number of H-pyrrole nitrogens is 1. The minimum Gasteiger partial charge on any atom is -0.341 e. The number of amides is 1. The standard InChI is InChI=1S/C19H17ClFN3OS/c1-24(11-13-3-2-4-15(20)9-13)18(25)12-26-19-22-10-17(23-19)14-5-7-16(21)8-6-14/h2-10H,11-12H2,1H3,(H,22,23). The Morgan fingerprint density at radius 3 is 2.77 bits per heavy atom. The van der Waals surface area contributed by atoms with Gasteiger partial charge in [-0.05, 0) is 47.5 Å². The molecule has 0 saturated carbocycles. The van der Waals surface area contributed by atoms with E-state index in [1.807, 2.05) is 18.2 Å². The lowest BCUT2D eigenvalue weighted by molar-refractivity contribution is -0.127. The minimum absolute atomic E-state index is 0.00490. The van der Waals surface area contributed by atoms with Gasteiger partial charge in [-0.1, -0.05) is 35.5 Å². The lowest BCUT2D eigenvalue weighted by atomic mass is 10.2. The van der Waals surface area contributed by atoms with Crippen molar-refractivity contribution in [1.29, 1.82) is 0 Å². The topological polar surface area (TPSA) is 49.0 Å². The summed E-state index contributed by atoms with van der Waals surface area (Å²) < 4.78 is 13.0. The molecule has 26 heavy (non-hydrogen) atoms. The second-order valence-electron chi connectivity index (χ2n) is 5.78. The van der Waals surface area contributed by atoms with E-state index in [0.717, 1.165) is 16.8 Å². The molecule has 0 saturated heterocycles. The van der Waals surface area contributed by atoms with Crippen LogP contribution < -0.4 is 0 Å². The molecule has 4 nitrogen and oxygen atoms in total. The largest absolute Gasteiger partial charge is 0.341 e. The predicted molar refractivity (Wildman–Crippen MR) is 103 cm³/mol. The van der Waals surface area contributed by atoms with Gasteiger partial charge >= 0.3 is 0 Å². The molecular weight excluding hydrogens is 373 g/mol. The van der Waals surface area contributed by atoms with Crippen LogP contribution in [0.1, 0.15) is 5.56 Å². The Labute approximate surface area is 160 Å². The van der Waals surface area contributed by atoms with E-state index in [0.29, 0.717) is 16.7 Å². The Hall–Kier alpha value is -2.31. The number of imidazole rings is 1. The molecule has 3 rings (SSSR count). The van der Waals surface area contributed by atoms with Crippen LogP contribution in [0.2, 0.25) is 5.02 Å². The first kappa shape index (κ1) is 18.5. The van der Waals surface area contributed by atoms with E-state index in [1.165, 1.54) is 23.9 Å². The number of aromatic amines is 1. The maximum atomic E-state index is 13.0. The fourth-order valence-corrected chi connectivity index (χ4v) is 3.39. The van der Waals surface area contributed by atoms with Gasteiger partial charge in [-0.3, -0.25) is 4.79 Å². The maximum Gasteiger partial charge on any atom is 0.233 e. The molecule has 0 aliphatic rings. The smallest absolute Gasteiger partial charge is 0.233 e. The summed E-state index contributed by atoms with van der Waals surface area (Å²) in [5, 5.41) is 1.30. The molecule has 0 fully saturated rings. The number of benzene rings is 2. The highest BCUT2D eigenvalue weighted by Gasteiger charge is 2.12. The molecule has 1 heterocycles. The first-order chi connectivity index (χ1) is 12.5. The van der Waals surface area contributed by atoms with Crippen molar-refractivity contribution in [3.05, 3.63) is 71.1 Å². The van der Waals surface area contributed by atoms with E-state index in [-0.39, 0.29) is 17.5 Å². The average molecular weight is 390 g/mol. The van der Waals surface area contributed by atoms with Crippen molar-refractivity contribution in [2.45, 2.75) is 11.7 Å². The lowest BCUT2D eigenvalue weighted by Crippen LogP contribution is -2.27. The first-order valence-electron chi connectivity index (χ1n) is 7.93. The number of carbonyl (C=O) groups excluding carboxylic acids is 1. The molecule has 1 amide bonds. The highest BCUT2D eigenvalue weighted by molar-refractivity contribution is 7.99. The van der Waals surface area contributed by atoms with Gasteiger partial charge in [0.25, 0.3) is 0 Å². The predicted octanol–water partition coefficient (Wildman–Crippen LogP) is 4.62. The summed E-state index contributed by atoms with van der Waals surface area (Å²) in [7, 11) is 1.76. The molecule has 2 aromatic carbocycles. The summed E-state index contributed by atoms with van der Waals surface area (Å²) in [5.74, 6) is -0.0149. The maximum absolute atomic E-state index is 13.0. The van der Waals surface area contributed by atoms with Crippen LogP contribution >= 0.6 is 23.4 Å². The van der Waals surface area contributed by atoms with Crippen LogP contribution in [-0.4, -0.2) is 33.6 Å². The second kappa shape index (κ2) is 8.38. The SMILES string of the molecule is CN(Cc1cccc(Cl)c1)C(=O)CSc1ncc(-c2ccc(F)cc2)[nH]1. The number of nitrogens with one attached hydrogen (secondary N) is 1. The van der Waals surface area contributed by atoms with Crippen molar-refractivity contribution in [2.75, 3.05) is 12.8 Å². The zero-order valence-electron chi connectivity index (χ0n) is 14.1. The number of aromatic nitrogens is 2. The Balaban J connectivity index is 1.55. The van der Waals surface area contributed by atoms with Crippen LogP contribution in [0.25, 0.3) is 11.3 Å². The van der Waals surface area contributed by atoms with Gasteiger partial charge in [0, 0.05) is 18.6 Å². The van der Waals surface area contributed by atoms with E-state index in [9.17, 15) is 9.18 Å². The van der Waals surface area contributed by atoms with Crippen molar-refractivity contribution in [3.8, 4) is 11.3 Å². The average Bonchev–Trinajstić information content (AvgIpc) is 3.09. The Morgan fingerprint density at radius 1 is 1.27 bits per heavy atom. The van der Waals surface area contributed by atoms with Crippen LogP contribution in [0.15, 0.2) is 59.9 Å². The third-order valence-electron chi connectivity index (χ3n) is 3.77. The zero-order chi connectivity index (χ0) is 18.5. The molecule has 0 unspecified atom stereocenters. The van der Waals surface area contributed by atoms with E-state index in [4.69, 9.17) is 11.6 Å². The van der Waals surface area contributed by atoms with Crippen LogP contribution in [0.3, 0.4) is 0 Å². The van der Waals surface area contributed by atoms with Gasteiger partial charge in [0.1, 0.15) is 5.82 Å². The highest BCUT2D eigenvalue weighted by atomic mass is 35.5. The minimum atomic E-state index is -0.281. The number of hydrogen-bond donors (Lipinski definition) is 1. The molecule has 1 aromatic heterocycles. The van der Waals surface area contributed by atoms with Gasteiger partial charge < -0.3 is 9.88 Å². The van der Waals surface area contributed by atoms with Gasteiger partial charge in [0.2, 0.25) is 5.91 Å². The summed E-state index contributed by atoms with van der Waals surface area (Å²) in [6, 6.07) is 13.6. The van der Waals surface area contributed by atoms with Gasteiger partial charge in [0.15, 0.2) is 5.16 Å². The van der Waals surface area contributed by atoms with Crippen molar-refractivity contribution in [3.63, 3.8) is 0 Å². The molecule has 1 N–H and O–H groups in total. The van der Waals surface area contributed by atoms with Crippen molar-refractivity contribution in [2.24, 2.45) is 0 Å². The second-order valence-corrected chi connectivity index (χ2v) is 7.18. The van der Waals surface area contributed by atoms with E-state index in [1.54, 1.807) is 36.3 Å². The fourth-order valence-electron chi connectivity index (χ4n) is 2.39. The molecule has 3 aromatic rings. The van der Waals surface area contributed by atoms with Crippen molar-refractivity contribution < 1.29 is 9.18 Å². The number of nitrogens with zero attached hydrogens (tertiary/aromatic N) is 2. The molecule has 0 bridgehead atoms.